The lowest BCUT2D eigenvalue weighted by Gasteiger charge is -2.13. The second-order valence-electron chi connectivity index (χ2n) is 2.84. The summed E-state index contributed by atoms with van der Waals surface area (Å²) in [4.78, 5) is 3.99. The van der Waals surface area contributed by atoms with Crippen LogP contribution in [0.4, 0.5) is 0 Å². The van der Waals surface area contributed by atoms with Gasteiger partial charge in [-0.05, 0) is 6.07 Å². The molecule has 0 spiro atoms. The van der Waals surface area contributed by atoms with E-state index in [1.54, 1.807) is 18.3 Å². The van der Waals surface area contributed by atoms with Crippen LogP contribution >= 0.6 is 0 Å². The molecule has 1 heterocycles. The average molecular weight is 191 g/mol. The van der Waals surface area contributed by atoms with Crippen LogP contribution in [-0.2, 0) is 0 Å². The standard InChI is InChI=1S/C11H13NO2/c1-3-9(13)8-6-5-7-12-11(8)10(14)4-2/h3-7,9-10,13-14H,1-2H2. The summed E-state index contributed by atoms with van der Waals surface area (Å²) in [5.74, 6) is 0. The van der Waals surface area contributed by atoms with Crippen molar-refractivity contribution in [2.75, 3.05) is 0 Å². The summed E-state index contributed by atoms with van der Waals surface area (Å²) < 4.78 is 0. The lowest BCUT2D eigenvalue weighted by molar-refractivity contribution is 0.201. The highest BCUT2D eigenvalue weighted by Gasteiger charge is 2.14. The lowest BCUT2D eigenvalue weighted by Crippen LogP contribution is -2.05. The molecule has 3 nitrogen and oxygen atoms in total. The first kappa shape index (κ1) is 10.6. The van der Waals surface area contributed by atoms with Crippen LogP contribution in [-0.4, -0.2) is 15.2 Å². The third-order valence-corrected chi connectivity index (χ3v) is 1.92. The average Bonchev–Trinajstić information content (AvgIpc) is 2.27. The van der Waals surface area contributed by atoms with Crippen molar-refractivity contribution in [1.82, 2.24) is 4.98 Å². The van der Waals surface area contributed by atoms with Gasteiger partial charge >= 0.3 is 0 Å². The Bertz CT molecular complexity index is 303. The monoisotopic (exact) mass is 191 g/mol. The predicted molar refractivity (Wildman–Crippen MR) is 54.6 cm³/mol. The molecule has 74 valence electrons. The number of hydrogen-bond donors (Lipinski definition) is 2. The van der Waals surface area contributed by atoms with Gasteiger partial charge in [0.1, 0.15) is 6.10 Å². The maximum atomic E-state index is 9.55. The maximum absolute atomic E-state index is 9.55. The Hall–Kier alpha value is -1.45. The molecule has 0 aliphatic heterocycles. The van der Waals surface area contributed by atoms with E-state index in [0.717, 1.165) is 0 Å². The molecule has 0 amide bonds. The van der Waals surface area contributed by atoms with Gasteiger partial charge in [-0.1, -0.05) is 18.2 Å². The normalized spacial score (nSPS) is 14.4. The Labute approximate surface area is 83.0 Å². The van der Waals surface area contributed by atoms with E-state index in [1.165, 1.54) is 12.2 Å². The largest absolute Gasteiger partial charge is 0.384 e. The molecular weight excluding hydrogens is 178 g/mol. The van der Waals surface area contributed by atoms with Gasteiger partial charge in [0.25, 0.3) is 0 Å². The van der Waals surface area contributed by atoms with E-state index in [1.807, 2.05) is 0 Å². The van der Waals surface area contributed by atoms with Crippen LogP contribution in [0.5, 0.6) is 0 Å². The first-order chi connectivity index (χ1) is 6.70. The molecule has 0 saturated carbocycles. The molecule has 2 N–H and O–H groups in total. The molecule has 0 aliphatic carbocycles. The zero-order valence-corrected chi connectivity index (χ0v) is 7.80. The summed E-state index contributed by atoms with van der Waals surface area (Å²) in [6.07, 6.45) is 2.63. The molecule has 0 aliphatic rings. The van der Waals surface area contributed by atoms with Crippen molar-refractivity contribution in [2.45, 2.75) is 12.2 Å². The van der Waals surface area contributed by atoms with Crippen LogP contribution in [0, 0.1) is 0 Å². The van der Waals surface area contributed by atoms with Crippen LogP contribution < -0.4 is 0 Å². The minimum atomic E-state index is -0.860. The molecule has 1 aromatic heterocycles. The fourth-order valence-corrected chi connectivity index (χ4v) is 1.17. The molecule has 0 aromatic carbocycles. The summed E-state index contributed by atoms with van der Waals surface area (Å²) in [6, 6.07) is 3.39. The smallest absolute Gasteiger partial charge is 0.114 e. The van der Waals surface area contributed by atoms with Crippen molar-refractivity contribution in [3.05, 3.63) is 54.9 Å². The Morgan fingerprint density at radius 3 is 2.43 bits per heavy atom. The Morgan fingerprint density at radius 2 is 1.86 bits per heavy atom. The number of pyridine rings is 1. The molecular formula is C11H13NO2. The second kappa shape index (κ2) is 4.69. The summed E-state index contributed by atoms with van der Waals surface area (Å²) in [5.41, 5.74) is 0.963. The van der Waals surface area contributed by atoms with Crippen LogP contribution in [0.2, 0.25) is 0 Å². The van der Waals surface area contributed by atoms with Crippen molar-refractivity contribution in [3.8, 4) is 0 Å². The van der Waals surface area contributed by atoms with Gasteiger partial charge < -0.3 is 10.2 Å². The number of rotatable bonds is 4. The van der Waals surface area contributed by atoms with Gasteiger partial charge in [0.2, 0.25) is 0 Å². The van der Waals surface area contributed by atoms with Crippen molar-refractivity contribution in [3.63, 3.8) is 0 Å². The molecule has 0 fully saturated rings. The van der Waals surface area contributed by atoms with E-state index in [2.05, 4.69) is 18.1 Å². The summed E-state index contributed by atoms with van der Waals surface area (Å²) in [6.45, 7) is 6.94. The van der Waals surface area contributed by atoms with Crippen molar-refractivity contribution in [1.29, 1.82) is 0 Å². The van der Waals surface area contributed by atoms with Crippen molar-refractivity contribution >= 4 is 0 Å². The summed E-state index contributed by atoms with van der Waals surface area (Å²) >= 11 is 0. The molecule has 14 heavy (non-hydrogen) atoms. The van der Waals surface area contributed by atoms with E-state index < -0.39 is 12.2 Å². The van der Waals surface area contributed by atoms with Gasteiger partial charge in [0.15, 0.2) is 0 Å². The van der Waals surface area contributed by atoms with Crippen LogP contribution in [0.1, 0.15) is 23.5 Å². The number of hydrogen-bond acceptors (Lipinski definition) is 3. The number of aliphatic hydroxyl groups is 2. The zero-order valence-electron chi connectivity index (χ0n) is 7.80. The molecule has 1 rings (SSSR count). The highest BCUT2D eigenvalue weighted by Crippen LogP contribution is 2.22. The first-order valence-corrected chi connectivity index (χ1v) is 4.26. The molecule has 2 unspecified atom stereocenters. The number of aliphatic hydroxyl groups excluding tert-OH is 2. The van der Waals surface area contributed by atoms with Crippen molar-refractivity contribution < 1.29 is 10.2 Å². The fraction of sp³-hybridized carbons (Fsp3) is 0.182. The van der Waals surface area contributed by atoms with Crippen molar-refractivity contribution in [2.24, 2.45) is 0 Å². The topological polar surface area (TPSA) is 53.4 Å². The van der Waals surface area contributed by atoms with Crippen LogP contribution in [0.15, 0.2) is 43.6 Å². The van der Waals surface area contributed by atoms with E-state index in [0.29, 0.717) is 11.3 Å². The fourth-order valence-electron chi connectivity index (χ4n) is 1.17. The highest BCUT2D eigenvalue weighted by atomic mass is 16.3. The third-order valence-electron chi connectivity index (χ3n) is 1.92. The van der Waals surface area contributed by atoms with Gasteiger partial charge in [-0.25, -0.2) is 0 Å². The summed E-state index contributed by atoms with van der Waals surface area (Å²) in [5, 5.41) is 19.1. The van der Waals surface area contributed by atoms with Gasteiger partial charge in [0, 0.05) is 11.8 Å². The minimum Gasteiger partial charge on any atom is -0.384 e. The second-order valence-corrected chi connectivity index (χ2v) is 2.84. The molecule has 0 bridgehead atoms. The Kier molecular flexibility index (Phi) is 3.56. The molecule has 0 radical (unpaired) electrons. The molecule has 3 heteroatoms. The first-order valence-electron chi connectivity index (χ1n) is 4.26. The van der Waals surface area contributed by atoms with Gasteiger partial charge in [-0.2, -0.15) is 0 Å². The molecule has 2 atom stereocenters. The van der Waals surface area contributed by atoms with Crippen LogP contribution in [0.25, 0.3) is 0 Å². The SMILES string of the molecule is C=CC(O)c1cccnc1C(O)C=C. The molecule has 0 saturated heterocycles. The highest BCUT2D eigenvalue weighted by molar-refractivity contribution is 5.28. The van der Waals surface area contributed by atoms with Gasteiger partial charge in [0.05, 0.1) is 11.8 Å². The maximum Gasteiger partial charge on any atom is 0.114 e. The predicted octanol–water partition coefficient (Wildman–Crippen LogP) is 1.52. The zero-order chi connectivity index (χ0) is 10.6. The number of nitrogens with zero attached hydrogens (tertiary/aromatic N) is 1. The van der Waals surface area contributed by atoms with Crippen LogP contribution in [0.3, 0.4) is 0 Å². The summed E-state index contributed by atoms with van der Waals surface area (Å²) in [7, 11) is 0. The lowest BCUT2D eigenvalue weighted by atomic mass is 10.0. The van der Waals surface area contributed by atoms with E-state index in [-0.39, 0.29) is 0 Å². The Morgan fingerprint density at radius 1 is 1.21 bits per heavy atom. The third kappa shape index (κ3) is 2.07. The minimum absolute atomic E-state index is 0.412. The van der Waals surface area contributed by atoms with Gasteiger partial charge in [-0.15, -0.1) is 13.2 Å². The van der Waals surface area contributed by atoms with E-state index in [4.69, 9.17) is 0 Å². The van der Waals surface area contributed by atoms with E-state index in [9.17, 15) is 10.2 Å². The van der Waals surface area contributed by atoms with Gasteiger partial charge in [-0.3, -0.25) is 4.98 Å². The quantitative estimate of drug-likeness (QED) is 0.709. The number of aromatic nitrogens is 1. The Balaban J connectivity index is 3.14. The molecule has 1 aromatic rings. The van der Waals surface area contributed by atoms with E-state index >= 15 is 0 Å².